The van der Waals surface area contributed by atoms with Crippen molar-refractivity contribution in [3.8, 4) is 12.0 Å². The molecule has 7 heteroatoms. The molecule has 0 aliphatic carbocycles. The normalized spacial score (nSPS) is 16.1. The van der Waals surface area contributed by atoms with Gasteiger partial charge in [0.15, 0.2) is 5.65 Å². The Hall–Kier alpha value is -1.89. The molecule has 0 amide bonds. The Morgan fingerprint density at radius 1 is 1.15 bits per heavy atom. The lowest BCUT2D eigenvalue weighted by molar-refractivity contribution is 0.184. The second-order valence-corrected chi connectivity index (χ2v) is 7.33. The first kappa shape index (κ1) is 19.9. The molecule has 0 atom stereocenters. The zero-order valence-electron chi connectivity index (χ0n) is 17.0. The minimum Gasteiger partial charge on any atom is -0.468 e. The lowest BCUT2D eigenvalue weighted by atomic mass is 9.92. The van der Waals surface area contributed by atoms with Gasteiger partial charge in [-0.2, -0.15) is 9.97 Å². The number of piperidine rings is 1. The Bertz CT molecular complexity index is 710. The fourth-order valence-corrected chi connectivity index (χ4v) is 3.75. The van der Waals surface area contributed by atoms with Gasteiger partial charge in [0, 0.05) is 6.54 Å². The lowest BCUT2D eigenvalue weighted by Gasteiger charge is -2.31. The maximum absolute atomic E-state index is 5.66. The van der Waals surface area contributed by atoms with E-state index in [1.54, 1.807) is 13.3 Å². The highest BCUT2D eigenvalue weighted by atomic mass is 16.5. The number of aromatic nitrogens is 4. The molecular formula is C20H33N5O2. The summed E-state index contributed by atoms with van der Waals surface area (Å²) in [5.74, 6) is 0.830. The smallest absolute Gasteiger partial charge is 0.318 e. The summed E-state index contributed by atoms with van der Waals surface area (Å²) in [4.78, 5) is 15.9. The monoisotopic (exact) mass is 375 g/mol. The van der Waals surface area contributed by atoms with Crippen LogP contribution in [-0.2, 0) is 6.54 Å². The number of aryl methyl sites for hydroxylation is 1. The molecule has 2 aromatic rings. The predicted octanol–water partition coefficient (Wildman–Crippen LogP) is 3.53. The van der Waals surface area contributed by atoms with E-state index in [1.165, 1.54) is 38.9 Å². The van der Waals surface area contributed by atoms with E-state index < -0.39 is 0 Å². The maximum Gasteiger partial charge on any atom is 0.318 e. The van der Waals surface area contributed by atoms with Gasteiger partial charge < -0.3 is 14.4 Å². The topological polar surface area (TPSA) is 65.3 Å². The summed E-state index contributed by atoms with van der Waals surface area (Å²) in [7, 11) is 1.66. The van der Waals surface area contributed by atoms with Crippen molar-refractivity contribution in [3.05, 3.63) is 6.20 Å². The van der Waals surface area contributed by atoms with Crippen LogP contribution >= 0.6 is 0 Å². The molecule has 0 saturated carbocycles. The highest BCUT2D eigenvalue weighted by molar-refractivity contribution is 5.71. The number of hydrogen-bond acceptors (Lipinski definition) is 6. The number of likely N-dealkylation sites (tertiary alicyclic amines) is 1. The third-order valence-corrected chi connectivity index (χ3v) is 5.49. The summed E-state index contributed by atoms with van der Waals surface area (Å²) in [5.41, 5.74) is 1.56. The van der Waals surface area contributed by atoms with Crippen LogP contribution in [0, 0.1) is 5.92 Å². The zero-order chi connectivity index (χ0) is 19.1. The highest BCUT2D eigenvalue weighted by Crippen LogP contribution is 2.25. The number of hydrogen-bond donors (Lipinski definition) is 0. The van der Waals surface area contributed by atoms with Crippen LogP contribution in [0.2, 0.25) is 0 Å². The van der Waals surface area contributed by atoms with Gasteiger partial charge in [-0.05, 0) is 57.7 Å². The minimum atomic E-state index is 0.423. The molecular weight excluding hydrogens is 342 g/mol. The summed E-state index contributed by atoms with van der Waals surface area (Å²) >= 11 is 0. The van der Waals surface area contributed by atoms with Crippen molar-refractivity contribution >= 4 is 11.2 Å². The molecule has 150 valence electrons. The van der Waals surface area contributed by atoms with E-state index in [2.05, 4.69) is 38.3 Å². The van der Waals surface area contributed by atoms with Crippen LogP contribution in [-0.4, -0.2) is 57.8 Å². The standard InChI is InChI=1S/C20H33N5O2/c1-4-6-14-27-19-21-15-17-18(23-19)25(20(22-17)26-3)11-7-8-16-9-12-24(5-2)13-10-16/h15-16H,4-14H2,1-3H3. The van der Waals surface area contributed by atoms with Gasteiger partial charge in [-0.15, -0.1) is 0 Å². The van der Waals surface area contributed by atoms with E-state index in [4.69, 9.17) is 9.47 Å². The molecule has 0 bridgehead atoms. The second kappa shape index (κ2) is 9.88. The van der Waals surface area contributed by atoms with Crippen LogP contribution in [0.1, 0.15) is 52.4 Å². The van der Waals surface area contributed by atoms with Crippen molar-refractivity contribution in [1.82, 2.24) is 24.4 Å². The minimum absolute atomic E-state index is 0.423. The molecule has 1 aliphatic heterocycles. The molecule has 7 nitrogen and oxygen atoms in total. The SMILES string of the molecule is CCCCOc1ncc2nc(OC)n(CCCC3CCN(CC)CC3)c2n1. The molecule has 3 rings (SSSR count). The Balaban J connectivity index is 1.62. The van der Waals surface area contributed by atoms with E-state index in [0.717, 1.165) is 42.9 Å². The van der Waals surface area contributed by atoms with Crippen molar-refractivity contribution in [2.45, 2.75) is 58.9 Å². The van der Waals surface area contributed by atoms with Crippen LogP contribution in [0.25, 0.3) is 11.2 Å². The van der Waals surface area contributed by atoms with Gasteiger partial charge >= 0.3 is 6.01 Å². The van der Waals surface area contributed by atoms with Crippen molar-refractivity contribution < 1.29 is 9.47 Å². The lowest BCUT2D eigenvalue weighted by Crippen LogP contribution is -2.33. The number of unbranched alkanes of at least 4 members (excludes halogenated alkanes) is 1. The van der Waals surface area contributed by atoms with Gasteiger partial charge in [0.1, 0.15) is 5.52 Å². The number of ether oxygens (including phenoxy) is 2. The van der Waals surface area contributed by atoms with E-state index in [9.17, 15) is 0 Å². The van der Waals surface area contributed by atoms with Gasteiger partial charge in [-0.3, -0.25) is 4.57 Å². The summed E-state index contributed by atoms with van der Waals surface area (Å²) in [6.07, 6.45) is 8.79. The Morgan fingerprint density at radius 2 is 1.96 bits per heavy atom. The Morgan fingerprint density at radius 3 is 2.67 bits per heavy atom. The van der Waals surface area contributed by atoms with Crippen LogP contribution in [0.3, 0.4) is 0 Å². The number of rotatable bonds is 10. The summed E-state index contributed by atoms with van der Waals surface area (Å²) in [6, 6.07) is 1.03. The predicted molar refractivity (Wildman–Crippen MR) is 106 cm³/mol. The van der Waals surface area contributed by atoms with Crippen molar-refractivity contribution in [1.29, 1.82) is 0 Å². The third kappa shape index (κ3) is 5.09. The van der Waals surface area contributed by atoms with Crippen LogP contribution < -0.4 is 9.47 Å². The average Bonchev–Trinajstić information content (AvgIpc) is 3.06. The quantitative estimate of drug-likeness (QED) is 0.592. The van der Waals surface area contributed by atoms with Gasteiger partial charge in [-0.1, -0.05) is 20.3 Å². The fraction of sp³-hybridized carbons (Fsp3) is 0.750. The van der Waals surface area contributed by atoms with Gasteiger partial charge in [-0.25, -0.2) is 4.98 Å². The summed E-state index contributed by atoms with van der Waals surface area (Å²) in [5, 5.41) is 0. The van der Waals surface area contributed by atoms with Crippen molar-refractivity contribution in [2.24, 2.45) is 5.92 Å². The number of methoxy groups -OCH3 is 1. The average molecular weight is 376 g/mol. The molecule has 0 N–H and O–H groups in total. The zero-order valence-corrected chi connectivity index (χ0v) is 17.0. The number of nitrogens with zero attached hydrogens (tertiary/aromatic N) is 5. The molecule has 1 fully saturated rings. The van der Waals surface area contributed by atoms with Crippen LogP contribution in [0.15, 0.2) is 6.20 Å². The van der Waals surface area contributed by atoms with E-state index in [-0.39, 0.29) is 0 Å². The molecule has 1 saturated heterocycles. The molecule has 1 aliphatic rings. The first-order valence-electron chi connectivity index (χ1n) is 10.4. The largest absolute Gasteiger partial charge is 0.468 e. The third-order valence-electron chi connectivity index (χ3n) is 5.49. The molecule has 2 aromatic heterocycles. The van der Waals surface area contributed by atoms with Crippen LogP contribution in [0.4, 0.5) is 0 Å². The molecule has 3 heterocycles. The van der Waals surface area contributed by atoms with Gasteiger partial charge in [0.05, 0.1) is 19.9 Å². The van der Waals surface area contributed by atoms with E-state index >= 15 is 0 Å². The molecule has 27 heavy (non-hydrogen) atoms. The summed E-state index contributed by atoms with van der Waals surface area (Å²) in [6.45, 7) is 9.54. The van der Waals surface area contributed by atoms with E-state index in [1.807, 2.05) is 0 Å². The molecule has 0 aromatic carbocycles. The molecule has 0 radical (unpaired) electrons. The summed E-state index contributed by atoms with van der Waals surface area (Å²) < 4.78 is 13.2. The van der Waals surface area contributed by atoms with E-state index in [0.29, 0.717) is 18.6 Å². The molecule has 0 unspecified atom stereocenters. The maximum atomic E-state index is 5.66. The second-order valence-electron chi connectivity index (χ2n) is 7.33. The number of fused-ring (bicyclic) bond motifs is 1. The fourth-order valence-electron chi connectivity index (χ4n) is 3.75. The first-order chi connectivity index (χ1) is 13.2. The van der Waals surface area contributed by atoms with Crippen LogP contribution in [0.5, 0.6) is 12.0 Å². The van der Waals surface area contributed by atoms with Gasteiger partial charge in [0.2, 0.25) is 0 Å². The molecule has 0 spiro atoms. The Labute approximate surface area is 162 Å². The number of imidazole rings is 1. The van der Waals surface area contributed by atoms with Crippen molar-refractivity contribution in [3.63, 3.8) is 0 Å². The van der Waals surface area contributed by atoms with Gasteiger partial charge in [0.25, 0.3) is 6.01 Å². The first-order valence-corrected chi connectivity index (χ1v) is 10.4. The Kier molecular flexibility index (Phi) is 7.26. The van der Waals surface area contributed by atoms with Crippen molar-refractivity contribution in [2.75, 3.05) is 33.4 Å². The highest BCUT2D eigenvalue weighted by Gasteiger charge is 2.19.